The van der Waals surface area contributed by atoms with Crippen molar-refractivity contribution < 1.29 is 4.74 Å². The fourth-order valence-corrected chi connectivity index (χ4v) is 0.989. The van der Waals surface area contributed by atoms with Gasteiger partial charge in [0.25, 0.3) is 0 Å². The van der Waals surface area contributed by atoms with Gasteiger partial charge in [0.05, 0.1) is 6.10 Å². The van der Waals surface area contributed by atoms with Crippen LogP contribution in [0.25, 0.3) is 0 Å². The first-order valence-electron chi connectivity index (χ1n) is 4.39. The molecule has 0 aliphatic heterocycles. The second-order valence-electron chi connectivity index (χ2n) is 3.05. The maximum atomic E-state index is 8.25. The van der Waals surface area contributed by atoms with Crippen molar-refractivity contribution in [2.75, 3.05) is 0 Å². The van der Waals surface area contributed by atoms with Crippen LogP contribution in [0, 0.1) is 23.2 Å². The topological polar surface area (TPSA) is 33.0 Å². The summed E-state index contributed by atoms with van der Waals surface area (Å²) < 4.78 is 5.46. The van der Waals surface area contributed by atoms with E-state index in [0.717, 1.165) is 11.3 Å². The van der Waals surface area contributed by atoms with E-state index in [0.29, 0.717) is 0 Å². The van der Waals surface area contributed by atoms with Crippen LogP contribution in [0.4, 0.5) is 0 Å². The molecule has 1 rings (SSSR count). The normalized spacial score (nSPS) is 8.71. The van der Waals surface area contributed by atoms with Gasteiger partial charge < -0.3 is 4.74 Å². The molecule has 0 aromatic heterocycles. The Hall–Kier alpha value is -1.93. The lowest BCUT2D eigenvalue weighted by molar-refractivity contribution is 0.242. The highest BCUT2D eigenvalue weighted by atomic mass is 16.5. The smallest absolute Gasteiger partial charge is 0.152 e. The Bertz CT molecular complexity index is 387. The zero-order valence-electron chi connectivity index (χ0n) is 8.24. The summed E-state index contributed by atoms with van der Waals surface area (Å²) in [7, 11) is 0. The molecule has 0 saturated carbocycles. The van der Waals surface area contributed by atoms with Crippen LogP contribution < -0.4 is 4.74 Å². The molecule has 0 N–H and O–H groups in total. The largest absolute Gasteiger partial charge is 0.491 e. The molecule has 0 aliphatic rings. The lowest BCUT2D eigenvalue weighted by Crippen LogP contribution is -2.05. The minimum atomic E-state index is 0.172. The Labute approximate surface area is 84.1 Å². The fraction of sp³-hybridized carbons (Fsp3) is 0.250. The summed E-state index contributed by atoms with van der Waals surface area (Å²) in [6.07, 6.45) is 0.172. The molecule has 0 aliphatic carbocycles. The molecule has 0 fully saturated rings. The molecule has 0 heterocycles. The van der Waals surface area contributed by atoms with Gasteiger partial charge >= 0.3 is 0 Å². The predicted octanol–water partition coefficient (Wildman–Crippen LogP) is 2.35. The fourth-order valence-electron chi connectivity index (χ4n) is 0.989. The second-order valence-corrected chi connectivity index (χ2v) is 3.05. The van der Waals surface area contributed by atoms with Gasteiger partial charge in [0.1, 0.15) is 5.75 Å². The van der Waals surface area contributed by atoms with Gasteiger partial charge in [0.2, 0.25) is 0 Å². The van der Waals surface area contributed by atoms with Crippen LogP contribution in [0.15, 0.2) is 24.3 Å². The lowest BCUT2D eigenvalue weighted by Gasteiger charge is -2.08. The van der Waals surface area contributed by atoms with Crippen molar-refractivity contribution in [2.24, 2.45) is 0 Å². The molecule has 0 unspecified atom stereocenters. The molecule has 0 radical (unpaired) electrons. The van der Waals surface area contributed by atoms with E-state index in [9.17, 15) is 0 Å². The maximum absolute atomic E-state index is 8.25. The third-order valence-electron chi connectivity index (χ3n) is 1.49. The van der Waals surface area contributed by atoms with Crippen LogP contribution in [0.5, 0.6) is 5.75 Å². The standard InChI is InChI=1S/C12H11NO/c1-10(2)14-12-7-5-11(6-8-12)4-3-9-13/h5-8,10H,1-2H3. The van der Waals surface area contributed by atoms with Gasteiger partial charge in [0, 0.05) is 11.5 Å². The Morgan fingerprint density at radius 2 is 1.86 bits per heavy atom. The van der Waals surface area contributed by atoms with E-state index in [2.05, 4.69) is 11.8 Å². The van der Waals surface area contributed by atoms with E-state index >= 15 is 0 Å². The summed E-state index contributed by atoms with van der Waals surface area (Å²) in [6, 6.07) is 9.14. The van der Waals surface area contributed by atoms with E-state index in [1.165, 1.54) is 0 Å². The summed E-state index contributed by atoms with van der Waals surface area (Å²) in [4.78, 5) is 0. The number of nitrogens with zero attached hydrogens (tertiary/aromatic N) is 1. The molecule has 1 aromatic rings. The van der Waals surface area contributed by atoms with Gasteiger partial charge in [-0.25, -0.2) is 0 Å². The molecule has 1 aromatic carbocycles. The van der Waals surface area contributed by atoms with Crippen molar-refractivity contribution in [1.82, 2.24) is 0 Å². The molecule has 70 valence electrons. The molecule has 0 amide bonds. The summed E-state index contributed by atoms with van der Waals surface area (Å²) in [5, 5.41) is 8.25. The van der Waals surface area contributed by atoms with Gasteiger partial charge in [-0.15, -0.1) is 0 Å². The molecule has 2 nitrogen and oxygen atoms in total. The first kappa shape index (κ1) is 10.2. The Morgan fingerprint density at radius 3 is 2.36 bits per heavy atom. The van der Waals surface area contributed by atoms with Gasteiger partial charge in [-0.05, 0) is 38.1 Å². The van der Waals surface area contributed by atoms with Crippen molar-refractivity contribution >= 4 is 0 Å². The third kappa shape index (κ3) is 3.21. The second kappa shape index (κ2) is 4.94. The molecule has 0 spiro atoms. The van der Waals surface area contributed by atoms with E-state index in [-0.39, 0.29) is 6.10 Å². The zero-order valence-corrected chi connectivity index (χ0v) is 8.24. The minimum Gasteiger partial charge on any atom is -0.491 e. The van der Waals surface area contributed by atoms with Crippen molar-refractivity contribution in [3.8, 4) is 23.7 Å². The van der Waals surface area contributed by atoms with Crippen LogP contribution in [0.1, 0.15) is 19.4 Å². The van der Waals surface area contributed by atoms with Gasteiger partial charge in [-0.2, -0.15) is 5.26 Å². The van der Waals surface area contributed by atoms with Crippen LogP contribution in [0.3, 0.4) is 0 Å². The van der Waals surface area contributed by atoms with E-state index in [1.807, 2.05) is 38.1 Å². The maximum Gasteiger partial charge on any atom is 0.152 e. The van der Waals surface area contributed by atoms with Crippen molar-refractivity contribution in [3.05, 3.63) is 29.8 Å². The molecular formula is C12H11NO. The SMILES string of the molecule is CC(C)Oc1ccc(C#CC#N)cc1. The van der Waals surface area contributed by atoms with Crippen LogP contribution in [-0.2, 0) is 0 Å². The zero-order chi connectivity index (χ0) is 10.4. The molecule has 14 heavy (non-hydrogen) atoms. The first-order chi connectivity index (χ1) is 6.72. The molecule has 2 heteroatoms. The average molecular weight is 185 g/mol. The monoisotopic (exact) mass is 185 g/mol. The van der Waals surface area contributed by atoms with Crippen molar-refractivity contribution in [2.45, 2.75) is 20.0 Å². The van der Waals surface area contributed by atoms with Gasteiger partial charge in [-0.1, -0.05) is 5.92 Å². The minimum absolute atomic E-state index is 0.172. The highest BCUT2D eigenvalue weighted by molar-refractivity contribution is 5.40. The van der Waals surface area contributed by atoms with Crippen LogP contribution in [-0.4, -0.2) is 6.10 Å². The first-order valence-corrected chi connectivity index (χ1v) is 4.39. The summed E-state index contributed by atoms with van der Waals surface area (Å²) >= 11 is 0. The van der Waals surface area contributed by atoms with E-state index in [4.69, 9.17) is 10.00 Å². The highest BCUT2D eigenvalue weighted by Gasteiger charge is 1.95. The summed E-state index contributed by atoms with van der Waals surface area (Å²) in [6.45, 7) is 3.95. The Morgan fingerprint density at radius 1 is 1.21 bits per heavy atom. The number of benzene rings is 1. The average Bonchev–Trinajstić information content (AvgIpc) is 2.16. The molecule has 0 bridgehead atoms. The third-order valence-corrected chi connectivity index (χ3v) is 1.49. The summed E-state index contributed by atoms with van der Waals surface area (Å²) in [5.41, 5.74) is 0.822. The number of ether oxygens (including phenoxy) is 1. The quantitative estimate of drug-likeness (QED) is 0.662. The van der Waals surface area contributed by atoms with E-state index < -0.39 is 0 Å². The lowest BCUT2D eigenvalue weighted by atomic mass is 10.2. The molecule has 0 atom stereocenters. The molecular weight excluding hydrogens is 174 g/mol. The summed E-state index contributed by atoms with van der Waals surface area (Å²) in [5.74, 6) is 5.87. The van der Waals surface area contributed by atoms with Crippen molar-refractivity contribution in [3.63, 3.8) is 0 Å². The number of hydrogen-bond donors (Lipinski definition) is 0. The van der Waals surface area contributed by atoms with Gasteiger partial charge in [-0.3, -0.25) is 0 Å². The number of nitriles is 1. The Kier molecular flexibility index (Phi) is 3.58. The number of rotatable bonds is 2. The Balaban J connectivity index is 2.74. The number of hydrogen-bond acceptors (Lipinski definition) is 2. The highest BCUT2D eigenvalue weighted by Crippen LogP contribution is 2.12. The predicted molar refractivity (Wildman–Crippen MR) is 54.7 cm³/mol. The van der Waals surface area contributed by atoms with Crippen LogP contribution >= 0.6 is 0 Å². The van der Waals surface area contributed by atoms with Gasteiger partial charge in [0.15, 0.2) is 6.07 Å². The molecule has 0 saturated heterocycles. The van der Waals surface area contributed by atoms with Crippen molar-refractivity contribution in [1.29, 1.82) is 5.26 Å². The van der Waals surface area contributed by atoms with Crippen LogP contribution in [0.2, 0.25) is 0 Å². The van der Waals surface area contributed by atoms with E-state index in [1.54, 1.807) is 6.07 Å².